The second kappa shape index (κ2) is 8.67. The molecule has 0 spiro atoms. The van der Waals surface area contributed by atoms with E-state index in [2.05, 4.69) is 25.9 Å². The molecule has 0 unspecified atom stereocenters. The number of nitro groups is 1. The normalized spacial score (nSPS) is 18.5. The van der Waals surface area contributed by atoms with Crippen LogP contribution in [0.3, 0.4) is 0 Å². The number of non-ortho nitro benzene ring substituents is 1. The number of ether oxygens (including phenoxy) is 1. The number of aliphatic hydroxyl groups excluding tert-OH is 1. The maximum atomic E-state index is 13.4. The lowest BCUT2D eigenvalue weighted by Gasteiger charge is -2.13. The third-order valence-corrected chi connectivity index (χ3v) is 5.11. The van der Waals surface area contributed by atoms with Crippen molar-refractivity contribution in [2.45, 2.75) is 6.10 Å². The van der Waals surface area contributed by atoms with Crippen LogP contribution in [0.25, 0.3) is 5.76 Å². The van der Waals surface area contributed by atoms with E-state index in [0.29, 0.717) is 5.56 Å². The van der Waals surface area contributed by atoms with Gasteiger partial charge in [0.1, 0.15) is 11.6 Å². The van der Waals surface area contributed by atoms with E-state index in [0.717, 1.165) is 4.47 Å². The van der Waals surface area contributed by atoms with E-state index in [1.54, 1.807) is 12.1 Å². The van der Waals surface area contributed by atoms with Crippen LogP contribution in [0.4, 0.5) is 15.9 Å². The van der Waals surface area contributed by atoms with Gasteiger partial charge in [-0.1, -0.05) is 12.1 Å². The average Bonchev–Trinajstić information content (AvgIpc) is 3.11. The number of aromatic nitrogens is 1. The lowest BCUT2D eigenvalue weighted by Crippen LogP contribution is -2.09. The second-order valence-corrected chi connectivity index (χ2v) is 7.61. The number of nitro benzene ring substituents is 1. The number of aliphatic hydroxyl groups is 1. The largest absolute Gasteiger partial charge is 0.507 e. The molecule has 0 amide bonds. The Morgan fingerprint density at radius 2 is 1.81 bits per heavy atom. The fourth-order valence-corrected chi connectivity index (χ4v) is 3.31. The number of nitrogens with zero attached hydrogens (tertiary/aromatic N) is 3. The van der Waals surface area contributed by atoms with Crippen LogP contribution in [0.15, 0.2) is 81.9 Å². The zero-order valence-electron chi connectivity index (χ0n) is 16.1. The van der Waals surface area contributed by atoms with Crippen LogP contribution in [0.1, 0.15) is 17.2 Å². The quantitative estimate of drug-likeness (QED) is 0.228. The highest BCUT2D eigenvalue weighted by Gasteiger charge is 2.41. The fraction of sp³-hybridized carbons (Fsp3) is 0.0455. The van der Waals surface area contributed by atoms with Gasteiger partial charge in [-0.3, -0.25) is 14.9 Å². The van der Waals surface area contributed by atoms with Crippen molar-refractivity contribution in [2.75, 3.05) is 0 Å². The zero-order chi connectivity index (χ0) is 22.8. The lowest BCUT2D eigenvalue weighted by molar-refractivity contribution is -0.384. The second-order valence-electron chi connectivity index (χ2n) is 6.70. The first-order valence-electron chi connectivity index (χ1n) is 9.18. The lowest BCUT2D eigenvalue weighted by atomic mass is 9.96. The van der Waals surface area contributed by atoms with Crippen molar-refractivity contribution < 1.29 is 24.0 Å². The van der Waals surface area contributed by atoms with Crippen molar-refractivity contribution in [1.29, 1.82) is 0 Å². The van der Waals surface area contributed by atoms with Crippen molar-refractivity contribution in [3.05, 3.63) is 104 Å². The van der Waals surface area contributed by atoms with Crippen molar-refractivity contribution in [2.24, 2.45) is 4.99 Å². The molecule has 1 saturated heterocycles. The molecule has 4 rings (SSSR count). The monoisotopic (exact) mass is 497 g/mol. The Balaban J connectivity index is 1.81. The van der Waals surface area contributed by atoms with Crippen LogP contribution in [0.5, 0.6) is 0 Å². The van der Waals surface area contributed by atoms with Crippen molar-refractivity contribution in [3.8, 4) is 0 Å². The van der Waals surface area contributed by atoms with E-state index in [1.807, 2.05) is 0 Å². The maximum absolute atomic E-state index is 13.4. The molecule has 0 radical (unpaired) electrons. The van der Waals surface area contributed by atoms with Gasteiger partial charge in [-0.25, -0.2) is 9.37 Å². The molecule has 160 valence electrons. The van der Waals surface area contributed by atoms with Gasteiger partial charge in [-0.2, -0.15) is 4.99 Å². The minimum Gasteiger partial charge on any atom is -0.507 e. The molecule has 1 atom stereocenters. The molecule has 2 aromatic carbocycles. The summed E-state index contributed by atoms with van der Waals surface area (Å²) >= 11 is 3.26. The molecule has 1 aliphatic heterocycles. The van der Waals surface area contributed by atoms with E-state index in [4.69, 9.17) is 4.74 Å². The standard InChI is InChI=1S/C22H13BrFN3O5/c23-14-5-10-17(25-11-14)26-22-20(29)18(21(32-22)13-1-6-15(24)7-2-13)19(28)12-3-8-16(9-4-12)27(30)31/h1-11,21,28H/t21-/m0/s1. The number of carbonyl (C=O) groups excluding carboxylic acids is 1. The van der Waals surface area contributed by atoms with Gasteiger partial charge >= 0.3 is 0 Å². The van der Waals surface area contributed by atoms with E-state index in [1.165, 1.54) is 54.7 Å². The summed E-state index contributed by atoms with van der Waals surface area (Å²) in [4.78, 5) is 31.7. The van der Waals surface area contributed by atoms with Gasteiger partial charge in [0.15, 0.2) is 11.9 Å². The maximum Gasteiger partial charge on any atom is 0.269 e. The topological polar surface area (TPSA) is 115 Å². The summed E-state index contributed by atoms with van der Waals surface area (Å²) in [6.45, 7) is 0. The van der Waals surface area contributed by atoms with Gasteiger partial charge in [0, 0.05) is 28.4 Å². The number of pyridine rings is 1. The predicted octanol–water partition coefficient (Wildman–Crippen LogP) is 5.23. The van der Waals surface area contributed by atoms with Gasteiger partial charge < -0.3 is 9.84 Å². The van der Waals surface area contributed by atoms with E-state index in [-0.39, 0.29) is 28.5 Å². The number of hydrogen-bond donors (Lipinski definition) is 1. The van der Waals surface area contributed by atoms with Gasteiger partial charge in [0.2, 0.25) is 0 Å². The third kappa shape index (κ3) is 4.26. The molecule has 1 aromatic heterocycles. The number of hydrogen-bond acceptors (Lipinski definition) is 7. The fourth-order valence-electron chi connectivity index (χ4n) is 3.07. The van der Waals surface area contributed by atoms with Crippen LogP contribution in [0.2, 0.25) is 0 Å². The third-order valence-electron chi connectivity index (χ3n) is 4.64. The van der Waals surface area contributed by atoms with Gasteiger partial charge in [0.25, 0.3) is 17.4 Å². The highest BCUT2D eigenvalue weighted by Crippen LogP contribution is 2.38. The van der Waals surface area contributed by atoms with Crippen LogP contribution < -0.4 is 0 Å². The Kier molecular flexibility index (Phi) is 5.78. The first-order valence-corrected chi connectivity index (χ1v) is 9.98. The number of aliphatic imine (C=N–C) groups is 1. The first-order chi connectivity index (χ1) is 15.3. The number of Topliss-reactive ketones (excluding diaryl/α,β-unsaturated/α-hetero) is 1. The molecule has 8 nitrogen and oxygen atoms in total. The van der Waals surface area contributed by atoms with Crippen molar-refractivity contribution in [1.82, 2.24) is 4.98 Å². The zero-order valence-corrected chi connectivity index (χ0v) is 17.7. The molecule has 1 N–H and O–H groups in total. The van der Waals surface area contributed by atoms with Crippen LogP contribution >= 0.6 is 15.9 Å². The number of benzene rings is 2. The Morgan fingerprint density at radius 1 is 1.12 bits per heavy atom. The van der Waals surface area contributed by atoms with E-state index >= 15 is 0 Å². The minimum absolute atomic E-state index is 0.124. The van der Waals surface area contributed by atoms with E-state index < -0.39 is 28.4 Å². The summed E-state index contributed by atoms with van der Waals surface area (Å²) in [6.07, 6.45) is 0.439. The smallest absolute Gasteiger partial charge is 0.269 e. The molecule has 0 aliphatic carbocycles. The first kappa shape index (κ1) is 21.3. The Hall–Kier alpha value is -3.92. The van der Waals surface area contributed by atoms with Gasteiger partial charge in [-0.15, -0.1) is 0 Å². The SMILES string of the molecule is O=C1C(=Nc2ccc(Br)cn2)O[C@@H](c2ccc(F)cc2)C1=C(O)c1ccc([N+](=O)[O-])cc1. The van der Waals surface area contributed by atoms with Crippen molar-refractivity contribution in [3.63, 3.8) is 0 Å². The Bertz CT molecular complexity index is 1260. The van der Waals surface area contributed by atoms with Crippen LogP contribution in [-0.4, -0.2) is 26.7 Å². The molecule has 0 saturated carbocycles. The minimum atomic E-state index is -1.06. The Morgan fingerprint density at radius 3 is 2.41 bits per heavy atom. The molecule has 1 fully saturated rings. The highest BCUT2D eigenvalue weighted by atomic mass is 79.9. The number of carbonyl (C=O) groups is 1. The molecule has 2 heterocycles. The summed E-state index contributed by atoms with van der Waals surface area (Å²) in [6, 6.07) is 13.6. The summed E-state index contributed by atoms with van der Waals surface area (Å²) in [5.74, 6) is -1.66. The molecule has 0 bridgehead atoms. The summed E-state index contributed by atoms with van der Waals surface area (Å²) in [5.41, 5.74) is 0.301. The Labute approximate surface area is 189 Å². The van der Waals surface area contributed by atoms with Gasteiger partial charge in [0.05, 0.1) is 10.5 Å². The van der Waals surface area contributed by atoms with Crippen LogP contribution in [-0.2, 0) is 9.53 Å². The van der Waals surface area contributed by atoms with E-state index in [9.17, 15) is 24.4 Å². The number of rotatable bonds is 4. The number of ketones is 1. The highest BCUT2D eigenvalue weighted by molar-refractivity contribution is 9.10. The number of halogens is 2. The summed E-state index contributed by atoms with van der Waals surface area (Å²) in [7, 11) is 0. The summed E-state index contributed by atoms with van der Waals surface area (Å²) in [5, 5.41) is 21.8. The molecule has 10 heteroatoms. The predicted molar refractivity (Wildman–Crippen MR) is 117 cm³/mol. The average molecular weight is 498 g/mol. The molecular formula is C22H13BrFN3O5. The molecule has 32 heavy (non-hydrogen) atoms. The molecule has 3 aromatic rings. The molecule has 1 aliphatic rings. The summed E-state index contributed by atoms with van der Waals surface area (Å²) < 4.78 is 19.9. The molecular weight excluding hydrogens is 485 g/mol. The van der Waals surface area contributed by atoms with Crippen molar-refractivity contribution >= 4 is 44.9 Å². The van der Waals surface area contributed by atoms with Gasteiger partial charge in [-0.05, 0) is 57.9 Å². The van der Waals surface area contributed by atoms with Crippen LogP contribution in [0, 0.1) is 15.9 Å².